The van der Waals surface area contributed by atoms with Crippen LogP contribution in [-0.4, -0.2) is 48.1 Å². The summed E-state index contributed by atoms with van der Waals surface area (Å²) in [6, 6.07) is 0. The van der Waals surface area contributed by atoms with Gasteiger partial charge in [-0.1, -0.05) is 0 Å². The zero-order valence-electron chi connectivity index (χ0n) is 9.69. The van der Waals surface area contributed by atoms with Crippen LogP contribution in [0.15, 0.2) is 0 Å². The summed E-state index contributed by atoms with van der Waals surface area (Å²) in [6.45, 7) is 3.27. The molecule has 94 valence electrons. The molecule has 3 N–H and O–H groups in total. The number of ether oxygens (including phenoxy) is 1. The standard InChI is InChI=1S/C11H21NO4/c1-2-16-11(15)5-10(14)7-12-6-8-3-9(13)4-8/h8-10,12-14H,2-7H2,1H3. The van der Waals surface area contributed by atoms with E-state index >= 15 is 0 Å². The Morgan fingerprint density at radius 1 is 1.56 bits per heavy atom. The summed E-state index contributed by atoms with van der Waals surface area (Å²) in [5.74, 6) is 0.139. The number of hydrogen-bond donors (Lipinski definition) is 3. The average Bonchev–Trinajstić information content (AvgIpc) is 2.15. The van der Waals surface area contributed by atoms with E-state index in [0.29, 0.717) is 19.1 Å². The van der Waals surface area contributed by atoms with E-state index in [4.69, 9.17) is 9.84 Å². The third-order valence-corrected chi connectivity index (χ3v) is 2.73. The van der Waals surface area contributed by atoms with Crippen molar-refractivity contribution < 1.29 is 19.7 Å². The predicted molar refractivity (Wildman–Crippen MR) is 58.9 cm³/mol. The van der Waals surface area contributed by atoms with Gasteiger partial charge in [-0.15, -0.1) is 0 Å². The van der Waals surface area contributed by atoms with Crippen molar-refractivity contribution in [2.45, 2.75) is 38.4 Å². The van der Waals surface area contributed by atoms with Gasteiger partial charge in [-0.2, -0.15) is 0 Å². The van der Waals surface area contributed by atoms with Gasteiger partial charge in [-0.05, 0) is 32.2 Å². The van der Waals surface area contributed by atoms with Crippen LogP contribution < -0.4 is 5.32 Å². The third kappa shape index (κ3) is 4.92. The topological polar surface area (TPSA) is 78.8 Å². The number of rotatable bonds is 7. The number of carbonyl (C=O) groups excluding carboxylic acids is 1. The van der Waals surface area contributed by atoms with Crippen LogP contribution >= 0.6 is 0 Å². The van der Waals surface area contributed by atoms with Crippen LogP contribution in [0.1, 0.15) is 26.2 Å². The Morgan fingerprint density at radius 2 is 2.25 bits per heavy atom. The van der Waals surface area contributed by atoms with Crippen molar-refractivity contribution in [2.75, 3.05) is 19.7 Å². The van der Waals surface area contributed by atoms with Gasteiger partial charge >= 0.3 is 5.97 Å². The molecule has 1 fully saturated rings. The van der Waals surface area contributed by atoms with Gasteiger partial charge in [0.05, 0.1) is 25.2 Å². The van der Waals surface area contributed by atoms with Crippen LogP contribution in [-0.2, 0) is 9.53 Å². The Balaban J connectivity index is 1.97. The molecule has 1 rings (SSSR count). The summed E-state index contributed by atoms with van der Waals surface area (Å²) >= 11 is 0. The molecular formula is C11H21NO4. The normalized spacial score (nSPS) is 25.9. The molecule has 0 bridgehead atoms. The number of nitrogens with one attached hydrogen (secondary N) is 1. The molecule has 0 aliphatic heterocycles. The molecule has 0 amide bonds. The summed E-state index contributed by atoms with van der Waals surface area (Å²) in [7, 11) is 0. The van der Waals surface area contributed by atoms with Crippen molar-refractivity contribution in [1.29, 1.82) is 0 Å². The fraction of sp³-hybridized carbons (Fsp3) is 0.909. The Hall–Kier alpha value is -0.650. The van der Waals surface area contributed by atoms with E-state index in [1.807, 2.05) is 0 Å². The fourth-order valence-corrected chi connectivity index (χ4v) is 1.81. The highest BCUT2D eigenvalue weighted by Gasteiger charge is 2.26. The minimum absolute atomic E-state index is 0.0358. The maximum atomic E-state index is 11.0. The van der Waals surface area contributed by atoms with E-state index in [0.717, 1.165) is 19.4 Å². The third-order valence-electron chi connectivity index (χ3n) is 2.73. The number of aliphatic hydroxyl groups excluding tert-OH is 2. The molecule has 0 aromatic heterocycles. The molecular weight excluding hydrogens is 210 g/mol. The molecule has 0 aromatic rings. The Bertz CT molecular complexity index is 216. The lowest BCUT2D eigenvalue weighted by Gasteiger charge is -2.31. The second-order valence-corrected chi connectivity index (χ2v) is 4.31. The van der Waals surface area contributed by atoms with Crippen LogP contribution in [0.25, 0.3) is 0 Å². The predicted octanol–water partition coefficient (Wildman–Crippen LogP) is -0.339. The minimum Gasteiger partial charge on any atom is -0.466 e. The van der Waals surface area contributed by atoms with E-state index in [-0.39, 0.29) is 18.5 Å². The van der Waals surface area contributed by atoms with Gasteiger partial charge in [0.1, 0.15) is 0 Å². The lowest BCUT2D eigenvalue weighted by Crippen LogP contribution is -2.39. The van der Waals surface area contributed by atoms with Crippen LogP contribution in [0.4, 0.5) is 0 Å². The van der Waals surface area contributed by atoms with Gasteiger partial charge in [-0.3, -0.25) is 4.79 Å². The molecule has 0 spiro atoms. The lowest BCUT2D eigenvalue weighted by molar-refractivity contribution is -0.145. The van der Waals surface area contributed by atoms with Gasteiger partial charge in [0, 0.05) is 6.54 Å². The summed E-state index contributed by atoms with van der Waals surface area (Å²) in [5.41, 5.74) is 0. The fourth-order valence-electron chi connectivity index (χ4n) is 1.81. The van der Waals surface area contributed by atoms with Crippen molar-refractivity contribution in [3.05, 3.63) is 0 Å². The Labute approximate surface area is 95.8 Å². The highest BCUT2D eigenvalue weighted by molar-refractivity contribution is 5.69. The molecule has 1 saturated carbocycles. The maximum Gasteiger partial charge on any atom is 0.308 e. The van der Waals surface area contributed by atoms with E-state index in [9.17, 15) is 9.90 Å². The second kappa shape index (κ2) is 6.83. The Morgan fingerprint density at radius 3 is 2.81 bits per heavy atom. The van der Waals surface area contributed by atoms with Gasteiger partial charge in [0.2, 0.25) is 0 Å². The molecule has 0 aromatic carbocycles. The molecule has 1 aliphatic rings. The van der Waals surface area contributed by atoms with E-state index < -0.39 is 6.10 Å². The molecule has 1 atom stereocenters. The zero-order valence-corrected chi connectivity index (χ0v) is 9.69. The maximum absolute atomic E-state index is 11.0. The second-order valence-electron chi connectivity index (χ2n) is 4.31. The molecule has 16 heavy (non-hydrogen) atoms. The number of hydrogen-bond acceptors (Lipinski definition) is 5. The molecule has 5 nitrogen and oxygen atoms in total. The van der Waals surface area contributed by atoms with E-state index in [2.05, 4.69) is 5.32 Å². The molecule has 0 radical (unpaired) electrons. The van der Waals surface area contributed by atoms with Gasteiger partial charge in [0.15, 0.2) is 0 Å². The van der Waals surface area contributed by atoms with Crippen molar-refractivity contribution in [1.82, 2.24) is 5.32 Å². The number of esters is 1. The Kier molecular flexibility index (Phi) is 5.73. The van der Waals surface area contributed by atoms with Gasteiger partial charge < -0.3 is 20.3 Å². The van der Waals surface area contributed by atoms with Crippen molar-refractivity contribution in [2.24, 2.45) is 5.92 Å². The highest BCUT2D eigenvalue weighted by atomic mass is 16.5. The first-order valence-corrected chi connectivity index (χ1v) is 5.84. The van der Waals surface area contributed by atoms with Gasteiger partial charge in [-0.25, -0.2) is 0 Å². The first kappa shape index (κ1) is 13.4. The summed E-state index contributed by atoms with van der Waals surface area (Å²) < 4.78 is 4.73. The molecule has 0 heterocycles. The average molecular weight is 231 g/mol. The largest absolute Gasteiger partial charge is 0.466 e. The van der Waals surface area contributed by atoms with E-state index in [1.165, 1.54) is 0 Å². The summed E-state index contributed by atoms with van der Waals surface area (Å²) in [4.78, 5) is 11.0. The van der Waals surface area contributed by atoms with Crippen molar-refractivity contribution in [3.63, 3.8) is 0 Å². The monoisotopic (exact) mass is 231 g/mol. The number of aliphatic hydroxyl groups is 2. The van der Waals surface area contributed by atoms with Crippen LogP contribution in [0.2, 0.25) is 0 Å². The minimum atomic E-state index is -0.691. The molecule has 1 unspecified atom stereocenters. The smallest absolute Gasteiger partial charge is 0.308 e. The van der Waals surface area contributed by atoms with Crippen LogP contribution in [0.3, 0.4) is 0 Å². The summed E-state index contributed by atoms with van der Waals surface area (Å²) in [6.07, 6.45) is 0.871. The van der Waals surface area contributed by atoms with Crippen molar-refractivity contribution >= 4 is 5.97 Å². The quantitative estimate of drug-likeness (QED) is 0.522. The molecule has 1 aliphatic carbocycles. The van der Waals surface area contributed by atoms with E-state index in [1.54, 1.807) is 6.92 Å². The molecule has 5 heteroatoms. The summed E-state index contributed by atoms with van der Waals surface area (Å²) in [5, 5.41) is 21.6. The van der Waals surface area contributed by atoms with Crippen molar-refractivity contribution in [3.8, 4) is 0 Å². The number of carbonyl (C=O) groups is 1. The SMILES string of the molecule is CCOC(=O)CC(O)CNCC1CC(O)C1. The van der Waals surface area contributed by atoms with Crippen LogP contribution in [0.5, 0.6) is 0 Å². The van der Waals surface area contributed by atoms with Gasteiger partial charge in [0.25, 0.3) is 0 Å². The first-order chi connectivity index (χ1) is 7.61. The zero-order chi connectivity index (χ0) is 12.0. The lowest BCUT2D eigenvalue weighted by atomic mass is 9.82. The highest BCUT2D eigenvalue weighted by Crippen LogP contribution is 2.25. The first-order valence-electron chi connectivity index (χ1n) is 5.84. The molecule has 0 saturated heterocycles. The van der Waals surface area contributed by atoms with Crippen LogP contribution in [0, 0.1) is 5.92 Å².